The molecule has 2 heteroatoms. The van der Waals surface area contributed by atoms with Crippen molar-refractivity contribution in [2.75, 3.05) is 13.7 Å². The Morgan fingerprint density at radius 3 is 2.47 bits per heavy atom. The molecule has 1 aliphatic carbocycles. The first kappa shape index (κ1) is 10.5. The highest BCUT2D eigenvalue weighted by Gasteiger charge is 2.29. The third-order valence-corrected chi connectivity index (χ3v) is 3.40. The van der Waals surface area contributed by atoms with Crippen molar-refractivity contribution in [2.24, 2.45) is 11.7 Å². The lowest BCUT2D eigenvalue weighted by molar-refractivity contribution is 0.251. The van der Waals surface area contributed by atoms with Gasteiger partial charge in [-0.2, -0.15) is 0 Å². The Bertz CT molecular complexity index is 301. The quantitative estimate of drug-likeness (QED) is 0.819. The van der Waals surface area contributed by atoms with Gasteiger partial charge in [-0.3, -0.25) is 0 Å². The number of methoxy groups -OCH3 is 1. The van der Waals surface area contributed by atoms with Crippen LogP contribution in [0.1, 0.15) is 30.7 Å². The highest BCUT2D eigenvalue weighted by molar-refractivity contribution is 5.30. The van der Waals surface area contributed by atoms with Crippen molar-refractivity contribution < 1.29 is 4.74 Å². The van der Waals surface area contributed by atoms with E-state index in [1.54, 1.807) is 7.11 Å². The Morgan fingerprint density at radius 1 is 1.27 bits per heavy atom. The first-order valence-electron chi connectivity index (χ1n) is 5.67. The predicted octanol–water partition coefficient (Wildman–Crippen LogP) is 2.54. The molecule has 0 amide bonds. The van der Waals surface area contributed by atoms with Gasteiger partial charge >= 0.3 is 0 Å². The van der Waals surface area contributed by atoms with Crippen LogP contribution in [-0.4, -0.2) is 13.7 Å². The molecule has 0 aliphatic heterocycles. The molecule has 1 saturated carbocycles. The van der Waals surface area contributed by atoms with Gasteiger partial charge in [0.2, 0.25) is 0 Å². The summed E-state index contributed by atoms with van der Waals surface area (Å²) in [5.41, 5.74) is 6.99. The second kappa shape index (κ2) is 4.67. The monoisotopic (exact) mass is 205 g/mol. The number of hydrogen-bond donors (Lipinski definition) is 1. The van der Waals surface area contributed by atoms with Crippen molar-refractivity contribution in [2.45, 2.75) is 25.2 Å². The SMILES string of the molecule is COc1ccc(C2CC(CCN)C2)cc1. The maximum Gasteiger partial charge on any atom is 0.118 e. The second-order valence-corrected chi connectivity index (χ2v) is 4.38. The molecule has 2 nitrogen and oxygen atoms in total. The fourth-order valence-corrected chi connectivity index (χ4v) is 2.36. The summed E-state index contributed by atoms with van der Waals surface area (Å²) < 4.78 is 5.14. The standard InChI is InChI=1S/C13H19NO/c1-15-13-4-2-11(3-5-13)12-8-10(9-12)6-7-14/h2-5,10,12H,6-9,14H2,1H3. The molecular formula is C13H19NO. The van der Waals surface area contributed by atoms with Gasteiger partial charge in [-0.1, -0.05) is 12.1 Å². The molecule has 1 fully saturated rings. The van der Waals surface area contributed by atoms with Crippen LogP contribution < -0.4 is 10.5 Å². The van der Waals surface area contributed by atoms with E-state index in [-0.39, 0.29) is 0 Å². The molecule has 1 aliphatic rings. The van der Waals surface area contributed by atoms with Crippen molar-refractivity contribution >= 4 is 0 Å². The summed E-state index contributed by atoms with van der Waals surface area (Å²) in [5, 5.41) is 0. The minimum absolute atomic E-state index is 0.757. The predicted molar refractivity (Wildman–Crippen MR) is 62.1 cm³/mol. The third kappa shape index (κ3) is 2.32. The Morgan fingerprint density at radius 2 is 1.93 bits per heavy atom. The molecule has 0 unspecified atom stereocenters. The number of nitrogens with two attached hydrogens (primary N) is 1. The molecule has 0 bridgehead atoms. The van der Waals surface area contributed by atoms with Gasteiger partial charge in [0.1, 0.15) is 5.75 Å². The number of rotatable bonds is 4. The molecule has 0 radical (unpaired) electrons. The summed E-state index contributed by atoms with van der Waals surface area (Å²) in [6.45, 7) is 0.833. The number of ether oxygens (including phenoxy) is 1. The van der Waals surface area contributed by atoms with Crippen molar-refractivity contribution in [3.8, 4) is 5.75 Å². The first-order valence-corrected chi connectivity index (χ1v) is 5.67. The summed E-state index contributed by atoms with van der Waals surface area (Å²) in [6, 6.07) is 8.46. The summed E-state index contributed by atoms with van der Waals surface area (Å²) in [6.07, 6.45) is 3.81. The van der Waals surface area contributed by atoms with Crippen LogP contribution in [0.15, 0.2) is 24.3 Å². The van der Waals surface area contributed by atoms with E-state index in [4.69, 9.17) is 10.5 Å². The molecule has 2 N–H and O–H groups in total. The lowest BCUT2D eigenvalue weighted by Gasteiger charge is -2.35. The van der Waals surface area contributed by atoms with Gasteiger partial charge in [-0.25, -0.2) is 0 Å². The molecule has 0 spiro atoms. The van der Waals surface area contributed by atoms with Crippen LogP contribution in [0.25, 0.3) is 0 Å². The van der Waals surface area contributed by atoms with E-state index >= 15 is 0 Å². The number of benzene rings is 1. The van der Waals surface area contributed by atoms with Crippen LogP contribution in [0, 0.1) is 5.92 Å². The molecule has 1 aromatic rings. The van der Waals surface area contributed by atoms with Gasteiger partial charge in [-0.15, -0.1) is 0 Å². The van der Waals surface area contributed by atoms with E-state index in [9.17, 15) is 0 Å². The van der Waals surface area contributed by atoms with E-state index in [2.05, 4.69) is 12.1 Å². The van der Waals surface area contributed by atoms with Crippen molar-refractivity contribution in [1.29, 1.82) is 0 Å². The summed E-state index contributed by atoms with van der Waals surface area (Å²) in [4.78, 5) is 0. The van der Waals surface area contributed by atoms with E-state index < -0.39 is 0 Å². The highest BCUT2D eigenvalue weighted by Crippen LogP contribution is 2.43. The van der Waals surface area contributed by atoms with Crippen LogP contribution in [0.5, 0.6) is 5.75 Å². The van der Waals surface area contributed by atoms with E-state index in [1.807, 2.05) is 12.1 Å². The smallest absolute Gasteiger partial charge is 0.118 e. The van der Waals surface area contributed by atoms with Crippen molar-refractivity contribution in [1.82, 2.24) is 0 Å². The lowest BCUT2D eigenvalue weighted by Crippen LogP contribution is -2.24. The Kier molecular flexibility index (Phi) is 3.27. The normalized spacial score (nSPS) is 24.7. The van der Waals surface area contributed by atoms with Crippen molar-refractivity contribution in [3.63, 3.8) is 0 Å². The summed E-state index contributed by atoms with van der Waals surface area (Å²) in [7, 11) is 1.70. The van der Waals surface area contributed by atoms with Gasteiger partial charge in [0, 0.05) is 0 Å². The zero-order valence-electron chi connectivity index (χ0n) is 9.28. The topological polar surface area (TPSA) is 35.2 Å². The molecule has 15 heavy (non-hydrogen) atoms. The fourth-order valence-electron chi connectivity index (χ4n) is 2.36. The van der Waals surface area contributed by atoms with Crippen LogP contribution in [0.3, 0.4) is 0 Å². The van der Waals surface area contributed by atoms with Crippen LogP contribution in [0.4, 0.5) is 0 Å². The van der Waals surface area contributed by atoms with Gasteiger partial charge in [0.15, 0.2) is 0 Å². The van der Waals surface area contributed by atoms with E-state index in [0.29, 0.717) is 0 Å². The maximum atomic E-state index is 5.54. The Balaban J connectivity index is 1.89. The lowest BCUT2D eigenvalue weighted by atomic mass is 9.70. The third-order valence-electron chi connectivity index (χ3n) is 3.40. The minimum Gasteiger partial charge on any atom is -0.497 e. The maximum absolute atomic E-state index is 5.54. The van der Waals surface area contributed by atoms with E-state index in [1.165, 1.54) is 24.8 Å². The summed E-state index contributed by atoms with van der Waals surface area (Å²) in [5.74, 6) is 2.56. The Hall–Kier alpha value is -1.02. The molecule has 0 heterocycles. The molecular weight excluding hydrogens is 186 g/mol. The van der Waals surface area contributed by atoms with E-state index in [0.717, 1.165) is 24.1 Å². The van der Waals surface area contributed by atoms with Crippen LogP contribution in [-0.2, 0) is 0 Å². The molecule has 0 aromatic heterocycles. The molecule has 82 valence electrons. The van der Waals surface area contributed by atoms with Crippen molar-refractivity contribution in [3.05, 3.63) is 29.8 Å². The summed E-state index contributed by atoms with van der Waals surface area (Å²) >= 11 is 0. The zero-order valence-corrected chi connectivity index (χ0v) is 9.28. The number of hydrogen-bond acceptors (Lipinski definition) is 2. The first-order chi connectivity index (χ1) is 7.33. The van der Waals surface area contributed by atoms with Gasteiger partial charge in [0.25, 0.3) is 0 Å². The molecule has 0 saturated heterocycles. The highest BCUT2D eigenvalue weighted by atomic mass is 16.5. The molecule has 1 aromatic carbocycles. The average Bonchev–Trinajstić information content (AvgIpc) is 2.23. The zero-order chi connectivity index (χ0) is 10.7. The second-order valence-electron chi connectivity index (χ2n) is 4.38. The largest absolute Gasteiger partial charge is 0.497 e. The minimum atomic E-state index is 0.757. The Labute approximate surface area is 91.4 Å². The average molecular weight is 205 g/mol. The van der Waals surface area contributed by atoms with Gasteiger partial charge < -0.3 is 10.5 Å². The van der Waals surface area contributed by atoms with Gasteiger partial charge in [-0.05, 0) is 55.3 Å². The van der Waals surface area contributed by atoms with Gasteiger partial charge in [0.05, 0.1) is 7.11 Å². The fraction of sp³-hybridized carbons (Fsp3) is 0.538. The molecule has 2 rings (SSSR count). The molecule has 0 atom stereocenters. The van der Waals surface area contributed by atoms with Crippen LogP contribution >= 0.6 is 0 Å². The van der Waals surface area contributed by atoms with Crippen LogP contribution in [0.2, 0.25) is 0 Å².